The zero-order valence-electron chi connectivity index (χ0n) is 12.5. The minimum Gasteiger partial charge on any atom is -0.494 e. The number of likely N-dealkylation sites (tertiary alicyclic amines) is 1. The third-order valence-corrected chi connectivity index (χ3v) is 3.80. The van der Waals surface area contributed by atoms with E-state index in [-0.39, 0.29) is 12.1 Å². The van der Waals surface area contributed by atoms with E-state index >= 15 is 0 Å². The number of rotatable bonds is 7. The Morgan fingerprint density at radius 1 is 1.35 bits per heavy atom. The molecule has 4 nitrogen and oxygen atoms in total. The van der Waals surface area contributed by atoms with E-state index in [2.05, 4.69) is 30.0 Å². The van der Waals surface area contributed by atoms with Gasteiger partial charge in [0.15, 0.2) is 0 Å². The molecule has 112 valence electrons. The molecule has 2 N–H and O–H groups in total. The lowest BCUT2D eigenvalue weighted by atomic mass is 10.0. The molecule has 0 aromatic heterocycles. The molecule has 0 bridgehead atoms. The molecule has 1 fully saturated rings. The van der Waals surface area contributed by atoms with Crippen molar-refractivity contribution in [3.8, 4) is 5.75 Å². The first-order valence-electron chi connectivity index (χ1n) is 7.47. The van der Waals surface area contributed by atoms with Crippen LogP contribution < -0.4 is 10.5 Å². The summed E-state index contributed by atoms with van der Waals surface area (Å²) in [6.07, 6.45) is 2.06. The Hall–Kier alpha value is -1.10. The van der Waals surface area contributed by atoms with Crippen LogP contribution in [0.2, 0.25) is 0 Å². The molecule has 0 saturated carbocycles. The first-order chi connectivity index (χ1) is 9.76. The van der Waals surface area contributed by atoms with Crippen LogP contribution in [0.1, 0.15) is 31.4 Å². The number of methoxy groups -OCH3 is 1. The molecule has 1 aromatic rings. The van der Waals surface area contributed by atoms with Gasteiger partial charge in [0.2, 0.25) is 0 Å². The van der Waals surface area contributed by atoms with E-state index in [1.54, 1.807) is 7.11 Å². The largest absolute Gasteiger partial charge is 0.494 e. The summed E-state index contributed by atoms with van der Waals surface area (Å²) in [5.41, 5.74) is 7.55. The lowest BCUT2D eigenvalue weighted by molar-refractivity contribution is 0.139. The summed E-state index contributed by atoms with van der Waals surface area (Å²) in [5.74, 6) is 0.940. The molecular formula is C16H26N2O2. The van der Waals surface area contributed by atoms with Crippen LogP contribution in [-0.4, -0.2) is 44.4 Å². The SMILES string of the molecule is CCCOc1cccc(C2C(N)CCN2CCOC)c1. The summed E-state index contributed by atoms with van der Waals surface area (Å²) >= 11 is 0. The van der Waals surface area contributed by atoms with Gasteiger partial charge in [0.1, 0.15) is 5.75 Å². The highest BCUT2D eigenvalue weighted by Crippen LogP contribution is 2.32. The van der Waals surface area contributed by atoms with Crippen LogP contribution in [0.15, 0.2) is 24.3 Å². The molecule has 2 rings (SSSR count). The van der Waals surface area contributed by atoms with Crippen LogP contribution in [-0.2, 0) is 4.74 Å². The summed E-state index contributed by atoms with van der Waals surface area (Å²) in [7, 11) is 1.74. The summed E-state index contributed by atoms with van der Waals surface area (Å²) in [4.78, 5) is 2.41. The van der Waals surface area contributed by atoms with Gasteiger partial charge in [-0.25, -0.2) is 0 Å². The van der Waals surface area contributed by atoms with Crippen molar-refractivity contribution in [3.05, 3.63) is 29.8 Å². The molecule has 1 aliphatic heterocycles. The van der Waals surface area contributed by atoms with Crippen molar-refractivity contribution in [3.63, 3.8) is 0 Å². The maximum atomic E-state index is 6.30. The molecule has 20 heavy (non-hydrogen) atoms. The van der Waals surface area contributed by atoms with Gasteiger partial charge in [0, 0.05) is 26.2 Å². The van der Waals surface area contributed by atoms with Crippen LogP contribution >= 0.6 is 0 Å². The van der Waals surface area contributed by atoms with Crippen LogP contribution in [0.3, 0.4) is 0 Å². The van der Waals surface area contributed by atoms with E-state index in [0.717, 1.165) is 44.9 Å². The Balaban J connectivity index is 2.10. The molecule has 1 aromatic carbocycles. The normalized spacial score (nSPS) is 23.1. The molecule has 2 unspecified atom stereocenters. The maximum Gasteiger partial charge on any atom is 0.119 e. The number of hydrogen-bond donors (Lipinski definition) is 1. The number of hydrogen-bond acceptors (Lipinski definition) is 4. The van der Waals surface area contributed by atoms with Gasteiger partial charge in [0.05, 0.1) is 19.3 Å². The Kier molecular flexibility index (Phi) is 5.83. The fourth-order valence-corrected chi connectivity index (χ4v) is 2.81. The topological polar surface area (TPSA) is 47.7 Å². The molecule has 0 radical (unpaired) electrons. The molecule has 4 heteroatoms. The second-order valence-corrected chi connectivity index (χ2v) is 5.35. The standard InChI is InChI=1S/C16H26N2O2/c1-3-10-20-14-6-4-5-13(12-14)16-15(17)7-8-18(16)9-11-19-2/h4-6,12,15-16H,3,7-11,17H2,1-2H3. The Morgan fingerprint density at radius 2 is 2.20 bits per heavy atom. The number of benzene rings is 1. The Morgan fingerprint density at radius 3 is 2.95 bits per heavy atom. The predicted molar refractivity (Wildman–Crippen MR) is 81.0 cm³/mol. The van der Waals surface area contributed by atoms with Crippen molar-refractivity contribution in [1.29, 1.82) is 0 Å². The van der Waals surface area contributed by atoms with Crippen molar-refractivity contribution in [2.45, 2.75) is 31.8 Å². The quantitative estimate of drug-likeness (QED) is 0.830. The monoisotopic (exact) mass is 278 g/mol. The zero-order valence-corrected chi connectivity index (χ0v) is 12.5. The first-order valence-corrected chi connectivity index (χ1v) is 7.47. The third-order valence-electron chi connectivity index (χ3n) is 3.80. The van der Waals surface area contributed by atoms with E-state index in [4.69, 9.17) is 15.2 Å². The summed E-state index contributed by atoms with van der Waals surface area (Å²) in [6.45, 7) is 5.58. The highest BCUT2D eigenvalue weighted by Gasteiger charge is 2.32. The van der Waals surface area contributed by atoms with Crippen molar-refractivity contribution in [2.24, 2.45) is 5.73 Å². The van der Waals surface area contributed by atoms with Gasteiger partial charge in [0.25, 0.3) is 0 Å². The minimum atomic E-state index is 0.188. The van der Waals surface area contributed by atoms with Crippen LogP contribution in [0.25, 0.3) is 0 Å². The van der Waals surface area contributed by atoms with E-state index < -0.39 is 0 Å². The maximum absolute atomic E-state index is 6.30. The molecule has 1 heterocycles. The second-order valence-electron chi connectivity index (χ2n) is 5.35. The molecule has 1 saturated heterocycles. The summed E-state index contributed by atoms with van der Waals surface area (Å²) in [6, 6.07) is 8.81. The Labute approximate surface area is 121 Å². The van der Waals surface area contributed by atoms with Gasteiger partial charge in [-0.1, -0.05) is 19.1 Å². The highest BCUT2D eigenvalue weighted by atomic mass is 16.5. The number of ether oxygens (including phenoxy) is 2. The molecule has 0 amide bonds. The van der Waals surface area contributed by atoms with E-state index in [1.807, 2.05) is 6.07 Å². The molecule has 0 aliphatic carbocycles. The van der Waals surface area contributed by atoms with Crippen molar-refractivity contribution in [1.82, 2.24) is 4.90 Å². The Bertz CT molecular complexity index is 411. The highest BCUT2D eigenvalue weighted by molar-refractivity contribution is 5.32. The van der Waals surface area contributed by atoms with Gasteiger partial charge >= 0.3 is 0 Å². The molecule has 1 aliphatic rings. The van der Waals surface area contributed by atoms with Crippen LogP contribution in [0, 0.1) is 0 Å². The van der Waals surface area contributed by atoms with E-state index in [9.17, 15) is 0 Å². The number of nitrogens with two attached hydrogens (primary N) is 1. The van der Waals surface area contributed by atoms with E-state index in [0.29, 0.717) is 0 Å². The van der Waals surface area contributed by atoms with Gasteiger partial charge in [-0.05, 0) is 30.5 Å². The van der Waals surface area contributed by atoms with Crippen molar-refractivity contribution >= 4 is 0 Å². The van der Waals surface area contributed by atoms with Gasteiger partial charge in [-0.3, -0.25) is 4.90 Å². The van der Waals surface area contributed by atoms with Gasteiger partial charge < -0.3 is 15.2 Å². The zero-order chi connectivity index (χ0) is 14.4. The average molecular weight is 278 g/mol. The fraction of sp³-hybridized carbons (Fsp3) is 0.625. The molecule has 0 spiro atoms. The number of nitrogens with zero attached hydrogens (tertiary/aromatic N) is 1. The van der Waals surface area contributed by atoms with E-state index in [1.165, 1.54) is 5.56 Å². The lowest BCUT2D eigenvalue weighted by Gasteiger charge is -2.27. The lowest BCUT2D eigenvalue weighted by Crippen LogP contribution is -2.33. The third kappa shape index (κ3) is 3.72. The van der Waals surface area contributed by atoms with Crippen LogP contribution in [0.5, 0.6) is 5.75 Å². The smallest absolute Gasteiger partial charge is 0.119 e. The fourth-order valence-electron chi connectivity index (χ4n) is 2.81. The van der Waals surface area contributed by atoms with Crippen molar-refractivity contribution < 1.29 is 9.47 Å². The van der Waals surface area contributed by atoms with Gasteiger partial charge in [-0.2, -0.15) is 0 Å². The summed E-state index contributed by atoms with van der Waals surface area (Å²) < 4.78 is 10.9. The minimum absolute atomic E-state index is 0.188. The molecular weight excluding hydrogens is 252 g/mol. The second kappa shape index (κ2) is 7.62. The average Bonchev–Trinajstić information content (AvgIpc) is 2.84. The van der Waals surface area contributed by atoms with Gasteiger partial charge in [-0.15, -0.1) is 0 Å². The van der Waals surface area contributed by atoms with Crippen molar-refractivity contribution in [2.75, 3.05) is 33.4 Å². The first kappa shape index (κ1) is 15.3. The summed E-state index contributed by atoms with van der Waals surface area (Å²) in [5, 5.41) is 0. The molecule has 2 atom stereocenters. The van der Waals surface area contributed by atoms with Crippen LogP contribution in [0.4, 0.5) is 0 Å². The predicted octanol–water partition coefficient (Wildman–Crippen LogP) is 2.20.